The minimum Gasteiger partial charge on any atom is -0.488 e. The molecule has 0 heterocycles. The van der Waals surface area contributed by atoms with E-state index in [4.69, 9.17) is 37.9 Å². The van der Waals surface area contributed by atoms with Crippen molar-refractivity contribution in [3.05, 3.63) is 160 Å². The van der Waals surface area contributed by atoms with Gasteiger partial charge in [0.05, 0.1) is 46.0 Å². The van der Waals surface area contributed by atoms with Crippen LogP contribution in [-0.2, 0) is 81.4 Å². The third-order valence-corrected chi connectivity index (χ3v) is 9.57. The molecule has 364 valence electrons. The molecule has 0 radical (unpaired) electrons. The molecule has 0 fully saturated rings. The summed E-state index contributed by atoms with van der Waals surface area (Å²) in [5.74, 6) is 8.80. The van der Waals surface area contributed by atoms with Gasteiger partial charge in [0, 0.05) is 46.2 Å². The predicted molar refractivity (Wildman–Crippen MR) is 255 cm³/mol. The van der Waals surface area contributed by atoms with Crippen molar-refractivity contribution in [2.75, 3.05) is 46.8 Å². The van der Waals surface area contributed by atoms with Gasteiger partial charge in [0.25, 0.3) is 0 Å². The van der Waals surface area contributed by atoms with Gasteiger partial charge >= 0.3 is 41.8 Å². The lowest BCUT2D eigenvalue weighted by atomic mass is 10.1. The van der Waals surface area contributed by atoms with Crippen LogP contribution in [0.15, 0.2) is 115 Å². The van der Waals surface area contributed by atoms with Crippen molar-refractivity contribution in [1.29, 1.82) is 0 Å². The van der Waals surface area contributed by atoms with E-state index in [-0.39, 0.29) is 88.6 Å². The van der Waals surface area contributed by atoms with E-state index < -0.39 is 41.8 Å². The Bertz CT molecular complexity index is 2620. The summed E-state index contributed by atoms with van der Waals surface area (Å²) >= 11 is 0. The molecule has 4 aromatic carbocycles. The van der Waals surface area contributed by atoms with E-state index in [0.29, 0.717) is 24.2 Å². The highest BCUT2D eigenvalue weighted by Crippen LogP contribution is 2.23. The van der Waals surface area contributed by atoms with E-state index in [1.54, 1.807) is 18.2 Å². The highest BCUT2D eigenvalue weighted by atomic mass is 16.6. The Balaban J connectivity index is 1.17. The molecule has 0 amide bonds. The molecular weight excluding hydrogens is 901 g/mol. The molecular formula is C55H54O15. The number of hydrogen-bond donors (Lipinski definition) is 0. The molecule has 0 aliphatic carbocycles. The Morgan fingerprint density at radius 2 is 0.786 bits per heavy atom. The molecule has 0 N–H and O–H groups in total. The first kappa shape index (κ1) is 54.2. The van der Waals surface area contributed by atoms with Gasteiger partial charge in [0.1, 0.15) is 44.3 Å². The van der Waals surface area contributed by atoms with Gasteiger partial charge in [-0.2, -0.15) is 0 Å². The Labute approximate surface area is 407 Å². The number of esters is 7. The fourth-order valence-corrected chi connectivity index (χ4v) is 5.74. The summed E-state index contributed by atoms with van der Waals surface area (Å²) in [6.45, 7) is 9.96. The number of ether oxygens (including phenoxy) is 8. The third kappa shape index (κ3) is 20.6. The van der Waals surface area contributed by atoms with Crippen molar-refractivity contribution in [3.8, 4) is 29.4 Å². The van der Waals surface area contributed by atoms with Crippen LogP contribution in [0.25, 0.3) is 0 Å². The first-order valence-corrected chi connectivity index (χ1v) is 22.1. The average Bonchev–Trinajstić information content (AvgIpc) is 3.36. The lowest BCUT2D eigenvalue weighted by Gasteiger charge is -2.11. The molecule has 0 saturated carbocycles. The standard InChI is InChI=1S/C55H54O15/c1-38(2)53(60)68-34-32-66-51(58)26-24-49(56)64-30-28-43-12-8-40(9-13-43)6-7-42-17-20-46(21-18-42)37-70-48-23-22-45(36-47(48)55(62)63-5)19-16-41-10-14-44(15-11-41)29-31-65-50(57)25-27-52(59)67-33-35-69-54(61)39(3)4/h8-15,17-18,20-23,36H,1,3,24-35,37H2,2,4-5H3. The normalized spacial score (nSPS) is 10.1. The zero-order chi connectivity index (χ0) is 50.7. The first-order valence-electron chi connectivity index (χ1n) is 22.1. The first-order chi connectivity index (χ1) is 33.7. The van der Waals surface area contributed by atoms with Crippen molar-refractivity contribution in [3.63, 3.8) is 0 Å². The van der Waals surface area contributed by atoms with Gasteiger partial charge in [-0.05, 0) is 85.1 Å². The number of carbonyl (C=O) groups excluding carboxylic acids is 7. The van der Waals surface area contributed by atoms with E-state index in [0.717, 1.165) is 33.4 Å². The molecule has 4 rings (SSSR count). The van der Waals surface area contributed by atoms with Crippen molar-refractivity contribution in [2.45, 2.75) is 59.0 Å². The maximum atomic E-state index is 12.7. The smallest absolute Gasteiger partial charge is 0.341 e. The lowest BCUT2D eigenvalue weighted by Crippen LogP contribution is -2.15. The second-order valence-electron chi connectivity index (χ2n) is 15.3. The summed E-state index contributed by atoms with van der Waals surface area (Å²) in [7, 11) is 1.29. The Hall–Kier alpha value is -8.43. The zero-order valence-corrected chi connectivity index (χ0v) is 39.4. The lowest BCUT2D eigenvalue weighted by molar-refractivity contribution is -0.153. The van der Waals surface area contributed by atoms with Gasteiger partial charge in [-0.1, -0.05) is 73.2 Å². The molecule has 0 saturated heterocycles. The average molecular weight is 955 g/mol. The zero-order valence-electron chi connectivity index (χ0n) is 39.4. The van der Waals surface area contributed by atoms with Gasteiger partial charge in [0.2, 0.25) is 0 Å². The van der Waals surface area contributed by atoms with Crippen LogP contribution in [0.4, 0.5) is 0 Å². The summed E-state index contributed by atoms with van der Waals surface area (Å²) < 4.78 is 41.1. The van der Waals surface area contributed by atoms with Crippen LogP contribution in [0.5, 0.6) is 5.75 Å². The predicted octanol–water partition coefficient (Wildman–Crippen LogP) is 6.91. The van der Waals surface area contributed by atoms with Crippen LogP contribution >= 0.6 is 0 Å². The van der Waals surface area contributed by atoms with Crippen LogP contribution in [0.2, 0.25) is 0 Å². The van der Waals surface area contributed by atoms with Crippen molar-refractivity contribution in [2.24, 2.45) is 0 Å². The van der Waals surface area contributed by atoms with Crippen LogP contribution < -0.4 is 4.74 Å². The van der Waals surface area contributed by atoms with Gasteiger partial charge in [-0.25, -0.2) is 14.4 Å². The number of benzene rings is 4. The second kappa shape index (κ2) is 29.4. The molecule has 70 heavy (non-hydrogen) atoms. The molecule has 0 atom stereocenters. The Kier molecular flexibility index (Phi) is 22.7. The van der Waals surface area contributed by atoms with E-state index in [1.807, 2.05) is 72.8 Å². The Morgan fingerprint density at radius 1 is 0.443 bits per heavy atom. The summed E-state index contributed by atoms with van der Waals surface area (Å²) in [5.41, 5.74) is 6.30. The monoisotopic (exact) mass is 954 g/mol. The maximum absolute atomic E-state index is 12.7. The van der Waals surface area contributed by atoms with Gasteiger partial charge < -0.3 is 37.9 Å². The van der Waals surface area contributed by atoms with Crippen LogP contribution in [0.3, 0.4) is 0 Å². The summed E-state index contributed by atoms with van der Waals surface area (Å²) in [6.07, 6.45) is 0.363. The highest BCUT2D eigenvalue weighted by molar-refractivity contribution is 5.93. The number of methoxy groups -OCH3 is 1. The largest absolute Gasteiger partial charge is 0.488 e. The number of hydrogen-bond acceptors (Lipinski definition) is 15. The molecule has 0 bridgehead atoms. The van der Waals surface area contributed by atoms with Crippen molar-refractivity contribution >= 4 is 41.8 Å². The van der Waals surface area contributed by atoms with Crippen LogP contribution in [-0.4, -0.2) is 88.5 Å². The minimum atomic E-state index is -0.604. The van der Waals surface area contributed by atoms with E-state index in [1.165, 1.54) is 21.0 Å². The number of rotatable bonds is 24. The van der Waals surface area contributed by atoms with E-state index >= 15 is 0 Å². The van der Waals surface area contributed by atoms with Crippen molar-refractivity contribution in [1.82, 2.24) is 0 Å². The maximum Gasteiger partial charge on any atom is 0.341 e. The molecule has 4 aromatic rings. The second-order valence-corrected chi connectivity index (χ2v) is 15.3. The molecule has 15 heteroatoms. The van der Waals surface area contributed by atoms with Gasteiger partial charge in [-0.15, -0.1) is 0 Å². The molecule has 0 aromatic heterocycles. The minimum absolute atomic E-state index is 0.0963. The Morgan fingerprint density at radius 3 is 1.17 bits per heavy atom. The van der Waals surface area contributed by atoms with E-state index in [2.05, 4.69) is 36.8 Å². The molecule has 0 spiro atoms. The molecule has 0 aliphatic rings. The number of carbonyl (C=O) groups is 7. The van der Waals surface area contributed by atoms with Crippen LogP contribution in [0.1, 0.15) is 88.8 Å². The molecule has 0 unspecified atom stereocenters. The van der Waals surface area contributed by atoms with Gasteiger partial charge in [-0.3, -0.25) is 19.2 Å². The molecule has 15 nitrogen and oxygen atoms in total. The van der Waals surface area contributed by atoms with Gasteiger partial charge in [0.15, 0.2) is 0 Å². The van der Waals surface area contributed by atoms with Crippen molar-refractivity contribution < 1.29 is 71.5 Å². The third-order valence-electron chi connectivity index (χ3n) is 9.57. The highest BCUT2D eigenvalue weighted by Gasteiger charge is 2.15. The SMILES string of the molecule is C=C(C)C(=O)OCCOC(=O)CCC(=O)OCCc1ccc(C#Cc2ccc(COc3ccc(C#Cc4ccc(CCOC(=O)CCC(=O)OCCOC(=O)C(=C)C)cc4)cc3C(=O)OC)cc2)cc1. The molecule has 0 aliphatic heterocycles. The topological polar surface area (TPSA) is 193 Å². The summed E-state index contributed by atoms with van der Waals surface area (Å²) in [6, 6.07) is 27.5. The summed E-state index contributed by atoms with van der Waals surface area (Å²) in [5, 5.41) is 0. The quantitative estimate of drug-likeness (QED) is 0.0231. The van der Waals surface area contributed by atoms with E-state index in [9.17, 15) is 33.6 Å². The van der Waals surface area contributed by atoms with Crippen LogP contribution in [0, 0.1) is 23.7 Å². The summed E-state index contributed by atoms with van der Waals surface area (Å²) in [4.78, 5) is 83.2. The fourth-order valence-electron chi connectivity index (χ4n) is 5.74. The fraction of sp³-hybridized carbons (Fsp3) is 0.291.